The molecule has 1 fully saturated rings. The lowest BCUT2D eigenvalue weighted by Gasteiger charge is -1.91. The topological polar surface area (TPSA) is 47.8 Å². The molecule has 0 N–H and O–H groups in total. The summed E-state index contributed by atoms with van der Waals surface area (Å²) in [5, 5.41) is 5.11. The highest BCUT2D eigenvalue weighted by Gasteiger charge is 2.25. The molecule has 3 rings (SSSR count). The molecule has 0 saturated heterocycles. The summed E-state index contributed by atoms with van der Waals surface area (Å²) in [7, 11) is 0. The average molecular weight is 254 g/mol. The van der Waals surface area contributed by atoms with Gasteiger partial charge < -0.3 is 0 Å². The maximum absolute atomic E-state index is 10.7. The number of aromatic nitrogens is 3. The van der Waals surface area contributed by atoms with Gasteiger partial charge in [-0.05, 0) is 24.3 Å². The summed E-state index contributed by atoms with van der Waals surface area (Å²) in [5.41, 5.74) is 1.24. The molecule has 1 saturated carbocycles. The number of carbonyl (C=O) groups excluding carboxylic acids is 1. The van der Waals surface area contributed by atoms with Crippen molar-refractivity contribution in [3.63, 3.8) is 0 Å². The maximum Gasteiger partial charge on any atom is 0.212 e. The number of thiazole rings is 1. The van der Waals surface area contributed by atoms with Crippen molar-refractivity contribution in [2.75, 3.05) is 0 Å². The lowest BCUT2D eigenvalue weighted by Crippen LogP contribution is -1.92. The smallest absolute Gasteiger partial charge is 0.212 e. The molecular weight excluding hydrogens is 246 g/mol. The Morgan fingerprint density at radius 2 is 2.38 bits per heavy atom. The SMILES string of the molecule is O=Cc1sc(-n2cc(C3CC3)cn2)nc1Cl. The van der Waals surface area contributed by atoms with E-state index in [-0.39, 0.29) is 5.15 Å². The zero-order valence-electron chi connectivity index (χ0n) is 8.26. The number of carbonyl (C=O) groups is 1. The van der Waals surface area contributed by atoms with Gasteiger partial charge in [0.15, 0.2) is 11.4 Å². The third-order valence-corrected chi connectivity index (χ3v) is 3.92. The van der Waals surface area contributed by atoms with Crippen molar-refractivity contribution in [3.05, 3.63) is 28.0 Å². The number of halogens is 1. The van der Waals surface area contributed by atoms with Gasteiger partial charge in [0.05, 0.1) is 6.20 Å². The predicted octanol–water partition coefficient (Wildman–Crippen LogP) is 2.67. The summed E-state index contributed by atoms with van der Waals surface area (Å²) in [5.74, 6) is 0.662. The maximum atomic E-state index is 10.7. The number of hydrogen-bond donors (Lipinski definition) is 0. The second-order valence-corrected chi connectivity index (χ2v) is 5.13. The molecule has 0 unspecified atom stereocenters. The predicted molar refractivity (Wildman–Crippen MR) is 61.6 cm³/mol. The van der Waals surface area contributed by atoms with Gasteiger partial charge in [-0.15, -0.1) is 0 Å². The van der Waals surface area contributed by atoms with Gasteiger partial charge in [-0.3, -0.25) is 4.79 Å². The van der Waals surface area contributed by atoms with Gasteiger partial charge in [-0.1, -0.05) is 22.9 Å². The van der Waals surface area contributed by atoms with E-state index in [0.29, 0.717) is 15.9 Å². The Kier molecular flexibility index (Phi) is 2.29. The summed E-state index contributed by atoms with van der Waals surface area (Å²) >= 11 is 7.05. The van der Waals surface area contributed by atoms with Crippen LogP contribution in [-0.4, -0.2) is 21.1 Å². The minimum Gasteiger partial charge on any atom is -0.297 e. The van der Waals surface area contributed by atoms with Crippen LogP contribution in [0.15, 0.2) is 12.4 Å². The van der Waals surface area contributed by atoms with Crippen LogP contribution in [0.4, 0.5) is 0 Å². The zero-order chi connectivity index (χ0) is 11.1. The summed E-state index contributed by atoms with van der Waals surface area (Å²) in [6.07, 6.45) is 7.01. The lowest BCUT2D eigenvalue weighted by atomic mass is 10.2. The summed E-state index contributed by atoms with van der Waals surface area (Å²) in [6, 6.07) is 0. The van der Waals surface area contributed by atoms with Crippen molar-refractivity contribution in [2.45, 2.75) is 18.8 Å². The molecule has 1 aliphatic carbocycles. The van der Waals surface area contributed by atoms with Crippen molar-refractivity contribution in [1.82, 2.24) is 14.8 Å². The molecule has 0 aromatic carbocycles. The van der Waals surface area contributed by atoms with E-state index in [1.807, 2.05) is 12.4 Å². The van der Waals surface area contributed by atoms with Crippen molar-refractivity contribution in [3.8, 4) is 5.13 Å². The molecule has 0 aliphatic heterocycles. The van der Waals surface area contributed by atoms with E-state index < -0.39 is 0 Å². The molecule has 0 radical (unpaired) electrons. The first-order chi connectivity index (χ1) is 7.78. The Morgan fingerprint density at radius 1 is 1.56 bits per heavy atom. The molecule has 2 heterocycles. The Hall–Kier alpha value is -1.20. The number of hydrogen-bond acceptors (Lipinski definition) is 4. The van der Waals surface area contributed by atoms with Crippen molar-refractivity contribution < 1.29 is 4.79 Å². The third kappa shape index (κ3) is 1.66. The molecule has 0 amide bonds. The fourth-order valence-electron chi connectivity index (χ4n) is 1.54. The molecule has 0 bridgehead atoms. The van der Waals surface area contributed by atoms with Gasteiger partial charge in [0.1, 0.15) is 4.88 Å². The van der Waals surface area contributed by atoms with Gasteiger partial charge in [-0.2, -0.15) is 5.10 Å². The van der Waals surface area contributed by atoms with Crippen LogP contribution in [0.3, 0.4) is 0 Å². The van der Waals surface area contributed by atoms with Crippen molar-refractivity contribution in [1.29, 1.82) is 0 Å². The van der Waals surface area contributed by atoms with Gasteiger partial charge in [0.25, 0.3) is 0 Å². The van der Waals surface area contributed by atoms with Gasteiger partial charge in [-0.25, -0.2) is 9.67 Å². The number of aldehydes is 1. The third-order valence-electron chi connectivity index (χ3n) is 2.55. The summed E-state index contributed by atoms with van der Waals surface area (Å²) < 4.78 is 1.68. The Labute approximate surface area is 101 Å². The minimum absolute atomic E-state index is 0.249. The Bertz CT molecular complexity index is 544. The van der Waals surface area contributed by atoms with Crippen LogP contribution in [-0.2, 0) is 0 Å². The van der Waals surface area contributed by atoms with Crippen LogP contribution in [0.1, 0.15) is 34.0 Å². The fourth-order valence-corrected chi connectivity index (χ4v) is 2.54. The molecule has 6 heteroatoms. The van der Waals surface area contributed by atoms with E-state index in [4.69, 9.17) is 11.6 Å². The first-order valence-electron chi connectivity index (χ1n) is 4.94. The zero-order valence-corrected chi connectivity index (χ0v) is 9.83. The number of rotatable bonds is 3. The molecular formula is C10H8ClN3OS. The van der Waals surface area contributed by atoms with E-state index >= 15 is 0 Å². The van der Waals surface area contributed by atoms with Crippen LogP contribution in [0.2, 0.25) is 5.15 Å². The second-order valence-electron chi connectivity index (χ2n) is 3.76. The highest BCUT2D eigenvalue weighted by atomic mass is 35.5. The van der Waals surface area contributed by atoms with Crippen LogP contribution >= 0.6 is 22.9 Å². The second kappa shape index (κ2) is 3.68. The monoisotopic (exact) mass is 253 g/mol. The molecule has 0 atom stereocenters. The molecule has 0 spiro atoms. The molecule has 2 aromatic rings. The standard InChI is InChI=1S/C10H8ClN3OS/c11-9-8(5-15)16-10(13-9)14-4-7(3-12-14)6-1-2-6/h3-6H,1-2H2. The molecule has 4 nitrogen and oxygen atoms in total. The quantitative estimate of drug-likeness (QED) is 0.790. The van der Waals surface area contributed by atoms with E-state index in [1.54, 1.807) is 4.68 Å². The van der Waals surface area contributed by atoms with Gasteiger partial charge in [0, 0.05) is 6.20 Å². The van der Waals surface area contributed by atoms with E-state index in [2.05, 4.69) is 10.1 Å². The highest BCUT2D eigenvalue weighted by Crippen LogP contribution is 2.40. The first-order valence-corrected chi connectivity index (χ1v) is 6.14. The van der Waals surface area contributed by atoms with Crippen molar-refractivity contribution >= 4 is 29.2 Å². The normalized spacial score (nSPS) is 15.3. The average Bonchev–Trinajstić information content (AvgIpc) is 2.89. The fraction of sp³-hybridized carbons (Fsp3) is 0.300. The van der Waals surface area contributed by atoms with E-state index in [9.17, 15) is 4.79 Å². The number of nitrogens with zero attached hydrogens (tertiary/aromatic N) is 3. The van der Waals surface area contributed by atoms with Crippen LogP contribution in [0.5, 0.6) is 0 Å². The summed E-state index contributed by atoms with van der Waals surface area (Å²) in [4.78, 5) is 15.2. The highest BCUT2D eigenvalue weighted by molar-refractivity contribution is 7.16. The van der Waals surface area contributed by atoms with Crippen LogP contribution in [0, 0.1) is 0 Å². The van der Waals surface area contributed by atoms with Crippen LogP contribution < -0.4 is 0 Å². The van der Waals surface area contributed by atoms with E-state index in [1.165, 1.54) is 29.7 Å². The molecule has 1 aliphatic rings. The lowest BCUT2D eigenvalue weighted by molar-refractivity contribution is 0.112. The Balaban J connectivity index is 1.97. The largest absolute Gasteiger partial charge is 0.297 e. The van der Waals surface area contributed by atoms with E-state index in [0.717, 1.165) is 6.29 Å². The van der Waals surface area contributed by atoms with Gasteiger partial charge in [0.2, 0.25) is 5.13 Å². The first kappa shape index (κ1) is 9.99. The van der Waals surface area contributed by atoms with Gasteiger partial charge >= 0.3 is 0 Å². The minimum atomic E-state index is 0.249. The van der Waals surface area contributed by atoms with Crippen molar-refractivity contribution in [2.24, 2.45) is 0 Å². The molecule has 16 heavy (non-hydrogen) atoms. The summed E-state index contributed by atoms with van der Waals surface area (Å²) in [6.45, 7) is 0. The molecule has 2 aromatic heterocycles. The molecule has 82 valence electrons. The Morgan fingerprint density at radius 3 is 3.00 bits per heavy atom. The van der Waals surface area contributed by atoms with Crippen LogP contribution in [0.25, 0.3) is 5.13 Å².